The first-order chi connectivity index (χ1) is 15.2. The number of aryl methyl sites for hydroxylation is 2. The molecule has 5 rings (SSSR count). The maximum Gasteiger partial charge on any atom is 0.255 e. The van der Waals surface area contributed by atoms with Crippen molar-refractivity contribution in [3.05, 3.63) is 96.2 Å². The number of nitrogens with one attached hydrogen (secondary N) is 2. The molecule has 0 aliphatic carbocycles. The summed E-state index contributed by atoms with van der Waals surface area (Å²) in [5, 5.41) is 16.7. The van der Waals surface area contributed by atoms with Gasteiger partial charge in [-0.05, 0) is 52.9 Å². The first-order valence-electron chi connectivity index (χ1n) is 10.1. The molecule has 0 atom stereocenters. The maximum absolute atomic E-state index is 12.5. The highest BCUT2D eigenvalue weighted by molar-refractivity contribution is 6.06. The second-order valence-corrected chi connectivity index (χ2v) is 7.26. The van der Waals surface area contributed by atoms with Crippen molar-refractivity contribution in [2.45, 2.75) is 13.0 Å². The van der Waals surface area contributed by atoms with Crippen LogP contribution in [-0.4, -0.2) is 31.1 Å². The SMILES string of the molecule is O=C(Nc1ccc(CCn2nnc(-c3ccccc3)n2)cc1)c1ccc2cc[nH]c2c1. The van der Waals surface area contributed by atoms with Crippen LogP contribution in [0.4, 0.5) is 5.69 Å². The third kappa shape index (κ3) is 4.20. The highest BCUT2D eigenvalue weighted by atomic mass is 16.1. The average molecular weight is 408 g/mol. The van der Waals surface area contributed by atoms with E-state index >= 15 is 0 Å². The summed E-state index contributed by atoms with van der Waals surface area (Å²) in [4.78, 5) is 17.3. The van der Waals surface area contributed by atoms with Crippen LogP contribution in [0.5, 0.6) is 0 Å². The van der Waals surface area contributed by atoms with E-state index in [9.17, 15) is 4.79 Å². The van der Waals surface area contributed by atoms with Crippen LogP contribution in [0.2, 0.25) is 0 Å². The number of tetrazole rings is 1. The zero-order valence-corrected chi connectivity index (χ0v) is 16.7. The molecule has 0 saturated heterocycles. The number of hydrogen-bond donors (Lipinski definition) is 2. The summed E-state index contributed by atoms with van der Waals surface area (Å²) in [6.45, 7) is 0.627. The average Bonchev–Trinajstić information content (AvgIpc) is 3.48. The minimum absolute atomic E-state index is 0.135. The molecule has 0 aliphatic heterocycles. The van der Waals surface area contributed by atoms with Gasteiger partial charge in [0.25, 0.3) is 5.91 Å². The summed E-state index contributed by atoms with van der Waals surface area (Å²) in [6, 6.07) is 25.2. The van der Waals surface area contributed by atoms with Gasteiger partial charge in [0.15, 0.2) is 0 Å². The van der Waals surface area contributed by atoms with Crippen LogP contribution in [0.3, 0.4) is 0 Å². The van der Waals surface area contributed by atoms with Crippen molar-refractivity contribution >= 4 is 22.5 Å². The lowest BCUT2D eigenvalue weighted by Gasteiger charge is -2.07. The van der Waals surface area contributed by atoms with E-state index in [4.69, 9.17) is 0 Å². The molecule has 0 radical (unpaired) electrons. The monoisotopic (exact) mass is 408 g/mol. The third-order valence-electron chi connectivity index (χ3n) is 5.11. The zero-order chi connectivity index (χ0) is 21.0. The summed E-state index contributed by atoms with van der Waals surface area (Å²) < 4.78 is 0. The van der Waals surface area contributed by atoms with Crippen LogP contribution in [0, 0.1) is 0 Å². The van der Waals surface area contributed by atoms with E-state index in [0.29, 0.717) is 17.9 Å². The Bertz CT molecular complexity index is 1320. The van der Waals surface area contributed by atoms with Crippen LogP contribution in [0.1, 0.15) is 15.9 Å². The van der Waals surface area contributed by atoms with Gasteiger partial charge >= 0.3 is 0 Å². The quantitative estimate of drug-likeness (QED) is 0.438. The number of nitrogens with zero attached hydrogens (tertiary/aromatic N) is 4. The Morgan fingerprint density at radius 3 is 2.65 bits per heavy atom. The van der Waals surface area contributed by atoms with Crippen molar-refractivity contribution in [1.82, 2.24) is 25.2 Å². The van der Waals surface area contributed by atoms with Gasteiger partial charge in [-0.3, -0.25) is 4.79 Å². The Labute approximate surface area is 178 Å². The van der Waals surface area contributed by atoms with Crippen molar-refractivity contribution in [1.29, 1.82) is 0 Å². The fourth-order valence-electron chi connectivity index (χ4n) is 3.42. The highest BCUT2D eigenvalue weighted by Crippen LogP contribution is 2.17. The van der Waals surface area contributed by atoms with Gasteiger partial charge in [-0.25, -0.2) is 0 Å². The number of anilines is 1. The molecule has 0 saturated carbocycles. The van der Waals surface area contributed by atoms with Crippen LogP contribution in [-0.2, 0) is 13.0 Å². The van der Waals surface area contributed by atoms with Gasteiger partial charge in [-0.15, -0.1) is 10.2 Å². The van der Waals surface area contributed by atoms with Crippen molar-refractivity contribution < 1.29 is 4.79 Å². The molecule has 5 aromatic rings. The maximum atomic E-state index is 12.5. The van der Waals surface area contributed by atoms with Crippen molar-refractivity contribution in [2.75, 3.05) is 5.32 Å². The topological polar surface area (TPSA) is 88.5 Å². The van der Waals surface area contributed by atoms with E-state index in [2.05, 4.69) is 25.7 Å². The Kier molecular flexibility index (Phi) is 4.98. The third-order valence-corrected chi connectivity index (χ3v) is 5.11. The van der Waals surface area contributed by atoms with Crippen LogP contribution >= 0.6 is 0 Å². The minimum Gasteiger partial charge on any atom is -0.361 e. The number of rotatable bonds is 6. The van der Waals surface area contributed by atoms with Gasteiger partial charge in [0.05, 0.1) is 6.54 Å². The van der Waals surface area contributed by atoms with Gasteiger partial charge in [0.1, 0.15) is 0 Å². The number of carbonyl (C=O) groups is 1. The van der Waals surface area contributed by atoms with Crippen LogP contribution in [0.15, 0.2) is 85.1 Å². The van der Waals surface area contributed by atoms with E-state index < -0.39 is 0 Å². The Hall–Kier alpha value is -4.26. The molecule has 31 heavy (non-hydrogen) atoms. The molecule has 2 N–H and O–H groups in total. The highest BCUT2D eigenvalue weighted by Gasteiger charge is 2.08. The lowest BCUT2D eigenvalue weighted by Crippen LogP contribution is -2.11. The number of carbonyl (C=O) groups excluding carboxylic acids is 1. The smallest absolute Gasteiger partial charge is 0.255 e. The molecular formula is C24H20N6O. The van der Waals surface area contributed by atoms with E-state index in [-0.39, 0.29) is 5.91 Å². The summed E-state index contributed by atoms with van der Waals surface area (Å²) in [6.07, 6.45) is 2.63. The standard InChI is InChI=1S/C24H20N6O/c31-24(20-9-8-18-12-14-25-22(18)16-20)26-21-10-6-17(7-11-21)13-15-30-28-23(27-29-30)19-4-2-1-3-5-19/h1-12,14,16,25H,13,15H2,(H,26,31). The van der Waals surface area contributed by atoms with E-state index in [1.807, 2.05) is 85.1 Å². The van der Waals surface area contributed by atoms with Crippen LogP contribution < -0.4 is 5.32 Å². The molecule has 0 spiro atoms. The van der Waals surface area contributed by atoms with Crippen molar-refractivity contribution in [3.8, 4) is 11.4 Å². The summed E-state index contributed by atoms with van der Waals surface area (Å²) in [5.41, 5.74) is 4.39. The molecule has 152 valence electrons. The molecule has 0 unspecified atom stereocenters. The summed E-state index contributed by atoms with van der Waals surface area (Å²) >= 11 is 0. The molecule has 2 heterocycles. The van der Waals surface area contributed by atoms with E-state index in [1.165, 1.54) is 0 Å². The van der Waals surface area contributed by atoms with Crippen molar-refractivity contribution in [2.24, 2.45) is 0 Å². The molecular weight excluding hydrogens is 388 g/mol. The van der Waals surface area contributed by atoms with Gasteiger partial charge in [0, 0.05) is 28.5 Å². The van der Waals surface area contributed by atoms with Gasteiger partial charge < -0.3 is 10.3 Å². The number of amides is 1. The van der Waals surface area contributed by atoms with Gasteiger partial charge in [-0.1, -0.05) is 48.5 Å². The van der Waals surface area contributed by atoms with Crippen LogP contribution in [0.25, 0.3) is 22.3 Å². The Morgan fingerprint density at radius 2 is 1.81 bits per heavy atom. The minimum atomic E-state index is -0.135. The molecule has 3 aromatic carbocycles. The van der Waals surface area contributed by atoms with Crippen molar-refractivity contribution in [3.63, 3.8) is 0 Å². The molecule has 0 aliphatic rings. The number of H-pyrrole nitrogens is 1. The normalized spacial score (nSPS) is 11.0. The molecule has 2 aromatic heterocycles. The Morgan fingerprint density at radius 1 is 0.968 bits per heavy atom. The zero-order valence-electron chi connectivity index (χ0n) is 16.7. The molecule has 1 amide bonds. The fourth-order valence-corrected chi connectivity index (χ4v) is 3.42. The first kappa shape index (κ1) is 18.7. The summed E-state index contributed by atoms with van der Waals surface area (Å²) in [5.74, 6) is 0.487. The van der Waals surface area contributed by atoms with E-state index in [0.717, 1.165) is 34.1 Å². The summed E-state index contributed by atoms with van der Waals surface area (Å²) in [7, 11) is 0. The second kappa shape index (κ2) is 8.23. The molecule has 7 nitrogen and oxygen atoms in total. The number of benzene rings is 3. The molecule has 0 bridgehead atoms. The lowest BCUT2D eigenvalue weighted by atomic mass is 10.1. The predicted molar refractivity (Wildman–Crippen MR) is 120 cm³/mol. The number of aromatic nitrogens is 5. The number of aromatic amines is 1. The molecule has 0 fully saturated rings. The largest absolute Gasteiger partial charge is 0.361 e. The molecule has 7 heteroatoms. The first-order valence-corrected chi connectivity index (χ1v) is 10.1. The van der Waals surface area contributed by atoms with Gasteiger partial charge in [-0.2, -0.15) is 4.80 Å². The lowest BCUT2D eigenvalue weighted by molar-refractivity contribution is 0.102. The van der Waals surface area contributed by atoms with Gasteiger partial charge in [0.2, 0.25) is 5.82 Å². The fraction of sp³-hybridized carbons (Fsp3) is 0.0833. The number of hydrogen-bond acceptors (Lipinski definition) is 4. The Balaban J connectivity index is 1.19. The number of fused-ring (bicyclic) bond motifs is 1. The van der Waals surface area contributed by atoms with E-state index in [1.54, 1.807) is 4.80 Å². The predicted octanol–water partition coefficient (Wildman–Crippen LogP) is 4.32. The second-order valence-electron chi connectivity index (χ2n) is 7.26.